The van der Waals surface area contributed by atoms with Crippen LogP contribution in [0.25, 0.3) is 0 Å². The minimum atomic E-state index is -0.0573. The Morgan fingerprint density at radius 2 is 1.68 bits per heavy atom. The molecule has 2 aliphatic rings. The van der Waals surface area contributed by atoms with Crippen LogP contribution in [0.3, 0.4) is 0 Å². The third-order valence-corrected chi connectivity index (χ3v) is 6.84. The van der Waals surface area contributed by atoms with E-state index in [0.29, 0.717) is 30.6 Å². The highest BCUT2D eigenvalue weighted by molar-refractivity contribution is 5.78. The predicted octanol–water partition coefficient (Wildman–Crippen LogP) is 6.97. The first kappa shape index (κ1) is 23.5. The fourth-order valence-corrected chi connectivity index (χ4v) is 4.77. The zero-order valence-corrected chi connectivity index (χ0v) is 18.8. The number of esters is 1. The molecule has 31 heavy (non-hydrogen) atoms. The van der Waals surface area contributed by atoms with Crippen molar-refractivity contribution in [2.24, 2.45) is 17.8 Å². The Morgan fingerprint density at radius 1 is 0.871 bits per heavy atom. The summed E-state index contributed by atoms with van der Waals surface area (Å²) in [7, 11) is 0. The summed E-state index contributed by atoms with van der Waals surface area (Å²) in [6.45, 7) is 0.364. The van der Waals surface area contributed by atoms with Crippen LogP contribution in [0.4, 0.5) is 0 Å². The molecule has 2 aliphatic carbocycles. The minimum absolute atomic E-state index is 0.0326. The van der Waals surface area contributed by atoms with Crippen LogP contribution in [0.15, 0.2) is 54.6 Å². The van der Waals surface area contributed by atoms with Crippen molar-refractivity contribution in [1.82, 2.24) is 0 Å². The molecule has 0 aromatic heterocycles. The molecule has 1 aromatic rings. The lowest BCUT2D eigenvalue weighted by Gasteiger charge is -2.27. The van der Waals surface area contributed by atoms with Gasteiger partial charge in [0, 0.05) is 12.8 Å². The number of hydrogen-bond acceptors (Lipinski definition) is 3. The molecule has 1 saturated carbocycles. The smallest absolute Gasteiger partial charge is 0.309 e. The summed E-state index contributed by atoms with van der Waals surface area (Å²) in [4.78, 5) is 24.6. The SMILES string of the molecule is O=C(CCCCCC1C=CC=CC1)CCC1CCC(C(=O)OCc2ccccc2)CC1. The third kappa shape index (κ3) is 8.85. The number of rotatable bonds is 12. The van der Waals surface area contributed by atoms with Gasteiger partial charge in [0.15, 0.2) is 0 Å². The van der Waals surface area contributed by atoms with E-state index in [1.54, 1.807) is 0 Å². The summed E-state index contributed by atoms with van der Waals surface area (Å²) in [6.07, 6.45) is 21.0. The summed E-state index contributed by atoms with van der Waals surface area (Å²) >= 11 is 0. The predicted molar refractivity (Wildman–Crippen MR) is 125 cm³/mol. The molecule has 1 fully saturated rings. The molecule has 0 bridgehead atoms. The second kappa shape index (κ2) is 13.3. The molecule has 3 nitrogen and oxygen atoms in total. The summed E-state index contributed by atoms with van der Waals surface area (Å²) in [5.74, 6) is 1.69. The number of carbonyl (C=O) groups is 2. The molecule has 3 heteroatoms. The zero-order valence-electron chi connectivity index (χ0n) is 18.8. The van der Waals surface area contributed by atoms with Gasteiger partial charge in [-0.15, -0.1) is 0 Å². The van der Waals surface area contributed by atoms with E-state index in [4.69, 9.17) is 4.74 Å². The lowest BCUT2D eigenvalue weighted by Crippen LogP contribution is -2.24. The van der Waals surface area contributed by atoms with E-state index in [9.17, 15) is 9.59 Å². The quantitative estimate of drug-likeness (QED) is 0.270. The molecule has 1 aromatic carbocycles. The van der Waals surface area contributed by atoms with Gasteiger partial charge in [0.05, 0.1) is 5.92 Å². The topological polar surface area (TPSA) is 43.4 Å². The van der Waals surface area contributed by atoms with Crippen LogP contribution in [0.2, 0.25) is 0 Å². The summed E-state index contributed by atoms with van der Waals surface area (Å²) in [5.41, 5.74) is 1.03. The molecule has 0 amide bonds. The molecule has 3 rings (SSSR count). The number of allylic oxidation sites excluding steroid dienone is 4. The Kier molecular flexibility index (Phi) is 10.1. The van der Waals surface area contributed by atoms with Crippen LogP contribution in [0, 0.1) is 17.8 Å². The van der Waals surface area contributed by atoms with Crippen molar-refractivity contribution in [1.29, 1.82) is 0 Å². The van der Waals surface area contributed by atoms with Gasteiger partial charge in [-0.25, -0.2) is 0 Å². The molecule has 0 spiro atoms. The van der Waals surface area contributed by atoms with Crippen LogP contribution < -0.4 is 0 Å². The second-order valence-corrected chi connectivity index (χ2v) is 9.30. The van der Waals surface area contributed by atoms with Gasteiger partial charge in [-0.05, 0) is 68.8 Å². The standard InChI is InChI=1S/C28H38O3/c29-27(15-9-3-6-12-23-10-4-1-5-11-23)21-18-24-16-19-26(20-17-24)28(30)31-22-25-13-7-2-8-14-25/h1-2,4-5,7-8,10,13-14,23-24,26H,3,6,9,11-12,15-22H2. The van der Waals surface area contributed by atoms with E-state index >= 15 is 0 Å². The Balaban J connectivity index is 1.20. The van der Waals surface area contributed by atoms with Crippen molar-refractivity contribution in [2.45, 2.75) is 83.7 Å². The Morgan fingerprint density at radius 3 is 2.42 bits per heavy atom. The summed E-state index contributed by atoms with van der Waals surface area (Å²) < 4.78 is 5.50. The van der Waals surface area contributed by atoms with E-state index in [2.05, 4.69) is 24.3 Å². The van der Waals surface area contributed by atoms with Crippen molar-refractivity contribution in [3.05, 3.63) is 60.2 Å². The van der Waals surface area contributed by atoms with Crippen molar-refractivity contribution < 1.29 is 14.3 Å². The van der Waals surface area contributed by atoms with E-state index in [0.717, 1.165) is 56.9 Å². The van der Waals surface area contributed by atoms with Gasteiger partial charge in [0.25, 0.3) is 0 Å². The molecular weight excluding hydrogens is 384 g/mol. The second-order valence-electron chi connectivity index (χ2n) is 9.30. The molecule has 0 saturated heterocycles. The number of Topliss-reactive ketones (excluding diaryl/α,β-unsaturated/α-hetero) is 1. The highest BCUT2D eigenvalue weighted by atomic mass is 16.5. The van der Waals surface area contributed by atoms with Crippen LogP contribution in [-0.4, -0.2) is 11.8 Å². The first-order valence-corrected chi connectivity index (χ1v) is 12.3. The molecule has 0 heterocycles. The normalized spacial score (nSPS) is 22.9. The number of ketones is 1. The van der Waals surface area contributed by atoms with E-state index < -0.39 is 0 Å². The number of ether oxygens (including phenoxy) is 1. The van der Waals surface area contributed by atoms with E-state index in [-0.39, 0.29) is 11.9 Å². The molecule has 168 valence electrons. The fourth-order valence-electron chi connectivity index (χ4n) is 4.77. The lowest BCUT2D eigenvalue weighted by atomic mass is 9.79. The Bertz CT molecular complexity index is 726. The molecule has 0 aliphatic heterocycles. The summed E-state index contributed by atoms with van der Waals surface area (Å²) in [5, 5.41) is 0. The number of hydrogen-bond donors (Lipinski definition) is 0. The minimum Gasteiger partial charge on any atom is -0.461 e. The maximum Gasteiger partial charge on any atom is 0.309 e. The molecule has 1 unspecified atom stereocenters. The van der Waals surface area contributed by atoms with Gasteiger partial charge in [-0.3, -0.25) is 9.59 Å². The van der Waals surface area contributed by atoms with Crippen LogP contribution in [0.1, 0.15) is 82.6 Å². The lowest BCUT2D eigenvalue weighted by molar-refractivity contribution is -0.151. The zero-order chi connectivity index (χ0) is 21.7. The number of carbonyl (C=O) groups excluding carboxylic acids is 2. The van der Waals surface area contributed by atoms with E-state index in [1.807, 2.05) is 30.3 Å². The molecular formula is C28H38O3. The maximum absolute atomic E-state index is 12.3. The monoisotopic (exact) mass is 422 g/mol. The van der Waals surface area contributed by atoms with E-state index in [1.165, 1.54) is 19.3 Å². The average molecular weight is 423 g/mol. The van der Waals surface area contributed by atoms with Gasteiger partial charge in [0.1, 0.15) is 12.4 Å². The Labute approximate surface area is 188 Å². The van der Waals surface area contributed by atoms with Crippen LogP contribution >= 0.6 is 0 Å². The van der Waals surface area contributed by atoms with Crippen molar-refractivity contribution in [3.63, 3.8) is 0 Å². The van der Waals surface area contributed by atoms with Crippen LogP contribution in [0.5, 0.6) is 0 Å². The maximum atomic E-state index is 12.3. The highest BCUT2D eigenvalue weighted by Gasteiger charge is 2.27. The van der Waals surface area contributed by atoms with Gasteiger partial charge in [-0.1, -0.05) is 67.5 Å². The van der Waals surface area contributed by atoms with Gasteiger partial charge < -0.3 is 4.74 Å². The first-order valence-electron chi connectivity index (χ1n) is 12.3. The Hall–Kier alpha value is -2.16. The van der Waals surface area contributed by atoms with Crippen molar-refractivity contribution >= 4 is 11.8 Å². The van der Waals surface area contributed by atoms with Gasteiger partial charge >= 0.3 is 5.97 Å². The van der Waals surface area contributed by atoms with Crippen molar-refractivity contribution in [3.8, 4) is 0 Å². The van der Waals surface area contributed by atoms with Crippen molar-refractivity contribution in [2.75, 3.05) is 0 Å². The number of benzene rings is 1. The number of unbranched alkanes of at least 4 members (excludes halogenated alkanes) is 2. The van der Waals surface area contributed by atoms with Crippen LogP contribution in [-0.2, 0) is 20.9 Å². The summed E-state index contributed by atoms with van der Waals surface area (Å²) in [6, 6.07) is 9.84. The van der Waals surface area contributed by atoms with Gasteiger partial charge in [-0.2, -0.15) is 0 Å². The van der Waals surface area contributed by atoms with Gasteiger partial charge in [0.2, 0.25) is 0 Å². The highest BCUT2D eigenvalue weighted by Crippen LogP contribution is 2.32. The molecule has 0 N–H and O–H groups in total. The third-order valence-electron chi connectivity index (χ3n) is 6.84. The largest absolute Gasteiger partial charge is 0.461 e. The molecule has 1 atom stereocenters. The fraction of sp³-hybridized carbons (Fsp3) is 0.571. The molecule has 0 radical (unpaired) electrons. The first-order chi connectivity index (χ1) is 15.2. The average Bonchev–Trinajstić information content (AvgIpc) is 2.82.